The van der Waals surface area contributed by atoms with E-state index in [9.17, 15) is 0 Å². The molecule has 1 atom stereocenters. The lowest BCUT2D eigenvalue weighted by Crippen LogP contribution is -2.36. The summed E-state index contributed by atoms with van der Waals surface area (Å²) in [5, 5.41) is 3.65. The van der Waals surface area contributed by atoms with Crippen LogP contribution in [0.25, 0.3) is 0 Å². The summed E-state index contributed by atoms with van der Waals surface area (Å²) in [6.07, 6.45) is 3.79. The summed E-state index contributed by atoms with van der Waals surface area (Å²) in [5.41, 5.74) is 0. The minimum atomic E-state index is 0.676. The van der Waals surface area contributed by atoms with E-state index in [1.165, 1.54) is 19.3 Å². The fourth-order valence-corrected chi connectivity index (χ4v) is 1.70. The van der Waals surface area contributed by atoms with Crippen LogP contribution >= 0.6 is 0 Å². The van der Waals surface area contributed by atoms with E-state index < -0.39 is 0 Å². The van der Waals surface area contributed by atoms with Crippen LogP contribution in [-0.2, 0) is 0 Å². The summed E-state index contributed by atoms with van der Waals surface area (Å²) < 4.78 is 0. The maximum Gasteiger partial charge on any atom is 0.00642 e. The second-order valence-corrected chi connectivity index (χ2v) is 4.21. The molecule has 1 N–H and O–H groups in total. The van der Waals surface area contributed by atoms with Crippen molar-refractivity contribution in [1.29, 1.82) is 0 Å². The number of rotatable bonds is 6. The zero-order chi connectivity index (χ0) is 9.56. The van der Waals surface area contributed by atoms with Gasteiger partial charge in [0.2, 0.25) is 0 Å². The van der Waals surface area contributed by atoms with Crippen LogP contribution in [0.1, 0.15) is 53.9 Å². The van der Waals surface area contributed by atoms with Gasteiger partial charge in [-0.1, -0.05) is 27.7 Å². The van der Waals surface area contributed by atoms with Crippen molar-refractivity contribution in [3.05, 3.63) is 0 Å². The van der Waals surface area contributed by atoms with Gasteiger partial charge in [-0.15, -0.1) is 0 Å². The predicted octanol–water partition coefficient (Wildman–Crippen LogP) is 3.20. The number of hydrogen-bond donors (Lipinski definition) is 1. The van der Waals surface area contributed by atoms with Gasteiger partial charge in [0.15, 0.2) is 0 Å². The average Bonchev–Trinajstić information content (AvgIpc) is 1.98. The highest BCUT2D eigenvalue weighted by molar-refractivity contribution is 4.69. The van der Waals surface area contributed by atoms with Gasteiger partial charge >= 0.3 is 0 Å². The Hall–Kier alpha value is -0.0400. The van der Waals surface area contributed by atoms with Crippen molar-refractivity contribution >= 4 is 0 Å². The van der Waals surface area contributed by atoms with Crippen LogP contribution in [0.15, 0.2) is 0 Å². The van der Waals surface area contributed by atoms with Gasteiger partial charge in [-0.25, -0.2) is 0 Å². The van der Waals surface area contributed by atoms with Gasteiger partial charge in [-0.2, -0.15) is 0 Å². The Morgan fingerprint density at radius 2 is 1.50 bits per heavy atom. The Kier molecular flexibility index (Phi) is 6.45. The van der Waals surface area contributed by atoms with Crippen LogP contribution in [0.2, 0.25) is 0 Å². The van der Waals surface area contributed by atoms with Crippen LogP contribution in [0.3, 0.4) is 0 Å². The molecule has 12 heavy (non-hydrogen) atoms. The molecule has 1 nitrogen and oxygen atoms in total. The first-order valence-electron chi connectivity index (χ1n) is 5.36. The quantitative estimate of drug-likeness (QED) is 0.647. The summed E-state index contributed by atoms with van der Waals surface area (Å²) in [6, 6.07) is 1.40. The molecule has 0 radical (unpaired) electrons. The first-order chi connectivity index (χ1) is 5.60. The first kappa shape index (κ1) is 12.0. The SMILES string of the molecule is CCC(CC)NC(C)CC(C)C. The molecular weight excluding hydrogens is 146 g/mol. The Balaban J connectivity index is 3.58. The van der Waals surface area contributed by atoms with Gasteiger partial charge < -0.3 is 5.32 Å². The van der Waals surface area contributed by atoms with Crippen LogP contribution in [0.4, 0.5) is 0 Å². The van der Waals surface area contributed by atoms with Crippen molar-refractivity contribution in [3.63, 3.8) is 0 Å². The molecule has 0 rings (SSSR count). The summed E-state index contributed by atoms with van der Waals surface area (Å²) in [4.78, 5) is 0. The van der Waals surface area contributed by atoms with Crippen molar-refractivity contribution in [2.75, 3.05) is 0 Å². The molecule has 0 fully saturated rings. The third-order valence-corrected chi connectivity index (χ3v) is 2.33. The highest BCUT2D eigenvalue weighted by atomic mass is 14.9. The number of hydrogen-bond acceptors (Lipinski definition) is 1. The Bertz CT molecular complexity index is 95.2. The zero-order valence-electron chi connectivity index (χ0n) is 9.35. The van der Waals surface area contributed by atoms with Crippen LogP contribution in [0.5, 0.6) is 0 Å². The van der Waals surface area contributed by atoms with Crippen molar-refractivity contribution in [2.24, 2.45) is 5.92 Å². The van der Waals surface area contributed by atoms with E-state index in [1.807, 2.05) is 0 Å². The lowest BCUT2D eigenvalue weighted by atomic mass is 10.0. The Morgan fingerprint density at radius 1 is 1.00 bits per heavy atom. The molecule has 0 aromatic carbocycles. The van der Waals surface area contributed by atoms with E-state index in [4.69, 9.17) is 0 Å². The molecule has 0 amide bonds. The van der Waals surface area contributed by atoms with E-state index in [1.54, 1.807) is 0 Å². The molecule has 0 bridgehead atoms. The topological polar surface area (TPSA) is 12.0 Å². The molecular formula is C11H25N. The third-order valence-electron chi connectivity index (χ3n) is 2.33. The smallest absolute Gasteiger partial charge is 0.00642 e. The fourth-order valence-electron chi connectivity index (χ4n) is 1.70. The van der Waals surface area contributed by atoms with Gasteiger partial charge in [-0.05, 0) is 32.1 Å². The molecule has 0 saturated heterocycles. The zero-order valence-corrected chi connectivity index (χ0v) is 9.35. The summed E-state index contributed by atoms with van der Waals surface area (Å²) >= 11 is 0. The van der Waals surface area contributed by atoms with Gasteiger partial charge in [0.1, 0.15) is 0 Å². The van der Waals surface area contributed by atoms with E-state index >= 15 is 0 Å². The highest BCUT2D eigenvalue weighted by Crippen LogP contribution is 2.06. The summed E-state index contributed by atoms with van der Waals surface area (Å²) in [6.45, 7) is 11.4. The molecule has 0 heterocycles. The van der Waals surface area contributed by atoms with Crippen molar-refractivity contribution in [2.45, 2.75) is 66.0 Å². The second-order valence-electron chi connectivity index (χ2n) is 4.21. The molecule has 0 aromatic rings. The minimum Gasteiger partial charge on any atom is -0.312 e. The maximum atomic E-state index is 3.65. The minimum absolute atomic E-state index is 0.676. The lowest BCUT2D eigenvalue weighted by Gasteiger charge is -2.22. The summed E-state index contributed by atoms with van der Waals surface area (Å²) in [7, 11) is 0. The van der Waals surface area contributed by atoms with Crippen molar-refractivity contribution < 1.29 is 0 Å². The van der Waals surface area contributed by atoms with Gasteiger partial charge in [-0.3, -0.25) is 0 Å². The van der Waals surface area contributed by atoms with E-state index in [0.717, 1.165) is 12.0 Å². The third kappa shape index (κ3) is 5.59. The highest BCUT2D eigenvalue weighted by Gasteiger charge is 2.08. The van der Waals surface area contributed by atoms with Crippen LogP contribution in [-0.4, -0.2) is 12.1 Å². The molecule has 0 aliphatic carbocycles. The lowest BCUT2D eigenvalue weighted by molar-refractivity contribution is 0.376. The molecule has 0 spiro atoms. The van der Waals surface area contributed by atoms with Crippen molar-refractivity contribution in [3.8, 4) is 0 Å². The van der Waals surface area contributed by atoms with Gasteiger partial charge in [0, 0.05) is 12.1 Å². The average molecular weight is 171 g/mol. The predicted molar refractivity (Wildman–Crippen MR) is 56.4 cm³/mol. The summed E-state index contributed by atoms with van der Waals surface area (Å²) in [5.74, 6) is 0.807. The van der Waals surface area contributed by atoms with Gasteiger partial charge in [0.25, 0.3) is 0 Å². The molecule has 74 valence electrons. The van der Waals surface area contributed by atoms with Gasteiger partial charge in [0.05, 0.1) is 0 Å². The maximum absolute atomic E-state index is 3.65. The van der Waals surface area contributed by atoms with E-state index in [2.05, 4.69) is 39.9 Å². The molecule has 1 heteroatoms. The van der Waals surface area contributed by atoms with E-state index in [0.29, 0.717) is 6.04 Å². The molecule has 0 aliphatic rings. The van der Waals surface area contributed by atoms with Crippen molar-refractivity contribution in [1.82, 2.24) is 5.32 Å². The normalized spacial score (nSPS) is 14.2. The monoisotopic (exact) mass is 171 g/mol. The molecule has 0 saturated carbocycles. The van der Waals surface area contributed by atoms with Crippen LogP contribution in [0, 0.1) is 5.92 Å². The van der Waals surface area contributed by atoms with E-state index in [-0.39, 0.29) is 0 Å². The second kappa shape index (κ2) is 6.47. The molecule has 0 aliphatic heterocycles. The largest absolute Gasteiger partial charge is 0.312 e. The van der Waals surface area contributed by atoms with Crippen LogP contribution < -0.4 is 5.32 Å². The molecule has 0 aromatic heterocycles. The standard InChI is InChI=1S/C11H25N/c1-6-11(7-2)12-10(5)8-9(3)4/h9-12H,6-8H2,1-5H3. The first-order valence-corrected chi connectivity index (χ1v) is 5.36. The molecule has 1 unspecified atom stereocenters. The Morgan fingerprint density at radius 3 is 1.83 bits per heavy atom. The Labute approximate surface area is 77.9 Å². The fraction of sp³-hybridized carbons (Fsp3) is 1.00. The number of nitrogens with one attached hydrogen (secondary N) is 1.